The third-order valence-electron chi connectivity index (χ3n) is 4.53. The first-order chi connectivity index (χ1) is 13.7. The molecule has 4 aromatic rings. The molecule has 142 valence electrons. The second-order valence-corrected chi connectivity index (χ2v) is 6.40. The Labute approximate surface area is 161 Å². The molecule has 2 heterocycles. The first-order valence-electron chi connectivity index (χ1n) is 8.92. The predicted octanol–water partition coefficient (Wildman–Crippen LogP) is 3.32. The van der Waals surface area contributed by atoms with Crippen molar-refractivity contribution in [1.29, 1.82) is 0 Å². The van der Waals surface area contributed by atoms with E-state index in [0.29, 0.717) is 18.3 Å². The fraction of sp³-hybridized carbons (Fsp3) is 0.190. The number of aryl methyl sites for hydroxylation is 1. The minimum absolute atomic E-state index is 0.0973. The molecule has 1 N–H and O–H groups in total. The van der Waals surface area contributed by atoms with E-state index in [2.05, 4.69) is 15.5 Å². The summed E-state index contributed by atoms with van der Waals surface area (Å²) in [5, 5.41) is 11.9. The van der Waals surface area contributed by atoms with Gasteiger partial charge in [0.2, 0.25) is 17.7 Å². The van der Waals surface area contributed by atoms with Crippen LogP contribution in [0, 0.1) is 6.92 Å². The third kappa shape index (κ3) is 3.46. The van der Waals surface area contributed by atoms with Crippen LogP contribution in [0.4, 0.5) is 0 Å². The minimum atomic E-state index is -0.0973. The number of aromatic nitrogens is 3. The van der Waals surface area contributed by atoms with Crippen LogP contribution < -0.4 is 10.1 Å². The second kappa shape index (κ2) is 7.56. The summed E-state index contributed by atoms with van der Waals surface area (Å²) >= 11 is 0. The number of carbonyl (C=O) groups excluding carboxylic acids is 1. The molecule has 4 rings (SSSR count). The molecule has 0 fully saturated rings. The number of para-hydroxylation sites is 2. The van der Waals surface area contributed by atoms with Gasteiger partial charge in [0.1, 0.15) is 12.3 Å². The van der Waals surface area contributed by atoms with E-state index in [9.17, 15) is 4.79 Å². The number of ether oxygens (including phenoxy) is 1. The Hall–Kier alpha value is -3.61. The molecule has 2 aromatic carbocycles. The van der Waals surface area contributed by atoms with Crippen LogP contribution in [0.5, 0.6) is 5.75 Å². The topological polar surface area (TPSA) is 82.2 Å². The van der Waals surface area contributed by atoms with Crippen LogP contribution in [0.2, 0.25) is 0 Å². The van der Waals surface area contributed by atoms with Crippen LogP contribution in [0.25, 0.3) is 22.4 Å². The number of hydrogen-bond donors (Lipinski definition) is 1. The van der Waals surface area contributed by atoms with Gasteiger partial charge in [-0.05, 0) is 12.1 Å². The Morgan fingerprint density at radius 3 is 2.71 bits per heavy atom. The van der Waals surface area contributed by atoms with E-state index in [1.807, 2.05) is 59.3 Å². The first kappa shape index (κ1) is 17.8. The van der Waals surface area contributed by atoms with Gasteiger partial charge in [0.05, 0.1) is 12.7 Å². The quantitative estimate of drug-likeness (QED) is 0.558. The lowest BCUT2D eigenvalue weighted by molar-refractivity contribution is -0.121. The number of carbonyl (C=O) groups is 1. The second-order valence-electron chi connectivity index (χ2n) is 6.40. The van der Waals surface area contributed by atoms with Crippen molar-refractivity contribution in [2.75, 3.05) is 7.11 Å². The molecule has 0 aliphatic rings. The molecule has 0 atom stereocenters. The van der Waals surface area contributed by atoms with Gasteiger partial charge in [-0.3, -0.25) is 4.79 Å². The average molecular weight is 376 g/mol. The molecule has 7 heteroatoms. The lowest BCUT2D eigenvalue weighted by Gasteiger charge is -2.10. The maximum Gasteiger partial charge on any atom is 0.249 e. The van der Waals surface area contributed by atoms with Crippen LogP contribution in [0.15, 0.2) is 59.1 Å². The summed E-state index contributed by atoms with van der Waals surface area (Å²) in [4.78, 5) is 12.6. The van der Waals surface area contributed by atoms with Gasteiger partial charge in [-0.25, -0.2) is 0 Å². The number of fused-ring (bicyclic) bond motifs is 1. The summed E-state index contributed by atoms with van der Waals surface area (Å²) in [5.74, 6) is 1.60. The van der Waals surface area contributed by atoms with E-state index < -0.39 is 0 Å². The number of rotatable bonds is 6. The van der Waals surface area contributed by atoms with Crippen LogP contribution in [-0.2, 0) is 17.9 Å². The molecule has 0 aliphatic carbocycles. The molecule has 0 aliphatic heterocycles. The van der Waals surface area contributed by atoms with Gasteiger partial charge in [0, 0.05) is 36.1 Å². The highest BCUT2D eigenvalue weighted by molar-refractivity contribution is 5.94. The van der Waals surface area contributed by atoms with Crippen molar-refractivity contribution in [2.45, 2.75) is 20.0 Å². The van der Waals surface area contributed by atoms with E-state index in [4.69, 9.17) is 9.15 Å². The van der Waals surface area contributed by atoms with Crippen LogP contribution >= 0.6 is 0 Å². The first-order valence-corrected chi connectivity index (χ1v) is 8.92. The molecule has 7 nitrogen and oxygen atoms in total. The Kier molecular flexibility index (Phi) is 4.80. The molecular formula is C21H20N4O3. The molecule has 0 saturated carbocycles. The van der Waals surface area contributed by atoms with Gasteiger partial charge in [-0.1, -0.05) is 36.4 Å². The van der Waals surface area contributed by atoms with Gasteiger partial charge in [0.25, 0.3) is 0 Å². The summed E-state index contributed by atoms with van der Waals surface area (Å²) in [6.45, 7) is 2.33. The number of amides is 1. The molecule has 0 unspecified atom stereocenters. The van der Waals surface area contributed by atoms with E-state index in [-0.39, 0.29) is 12.5 Å². The van der Waals surface area contributed by atoms with Crippen molar-refractivity contribution in [3.63, 3.8) is 0 Å². The van der Waals surface area contributed by atoms with Crippen molar-refractivity contribution < 1.29 is 13.9 Å². The summed E-state index contributed by atoms with van der Waals surface area (Å²) in [5.41, 5.74) is 2.67. The Bertz CT molecular complexity index is 1130. The highest BCUT2D eigenvalue weighted by Gasteiger charge is 2.16. The van der Waals surface area contributed by atoms with Crippen molar-refractivity contribution in [1.82, 2.24) is 20.1 Å². The van der Waals surface area contributed by atoms with Crippen LogP contribution in [-0.4, -0.2) is 27.8 Å². The standard InChI is InChI=1S/C21H20N4O3/c1-14-23-24-21(28-14)17-12-25(18-9-5-4-8-16(17)18)13-20(26)22-11-15-7-3-6-10-19(15)27-2/h3-10,12H,11,13H2,1-2H3,(H,22,26). The minimum Gasteiger partial charge on any atom is -0.496 e. The van der Waals surface area contributed by atoms with Crippen molar-refractivity contribution in [3.8, 4) is 17.2 Å². The maximum absolute atomic E-state index is 12.6. The Morgan fingerprint density at radius 2 is 1.93 bits per heavy atom. The molecule has 2 aromatic heterocycles. The number of hydrogen-bond acceptors (Lipinski definition) is 5. The summed E-state index contributed by atoms with van der Waals surface area (Å²) in [7, 11) is 1.62. The van der Waals surface area contributed by atoms with Crippen LogP contribution in [0.1, 0.15) is 11.5 Å². The zero-order valence-corrected chi connectivity index (χ0v) is 15.7. The molecule has 0 saturated heterocycles. The molecular weight excluding hydrogens is 356 g/mol. The van der Waals surface area contributed by atoms with E-state index in [1.165, 1.54) is 0 Å². The van der Waals surface area contributed by atoms with Crippen molar-refractivity contribution in [2.24, 2.45) is 0 Å². The Balaban J connectivity index is 1.55. The van der Waals surface area contributed by atoms with Gasteiger partial charge in [-0.15, -0.1) is 10.2 Å². The van der Waals surface area contributed by atoms with E-state index >= 15 is 0 Å². The zero-order chi connectivity index (χ0) is 19.5. The van der Waals surface area contributed by atoms with E-state index in [0.717, 1.165) is 27.8 Å². The van der Waals surface area contributed by atoms with Crippen molar-refractivity contribution >= 4 is 16.8 Å². The van der Waals surface area contributed by atoms with E-state index in [1.54, 1.807) is 14.0 Å². The highest BCUT2D eigenvalue weighted by atomic mass is 16.5. The fourth-order valence-corrected chi connectivity index (χ4v) is 3.21. The summed E-state index contributed by atoms with van der Waals surface area (Å²) in [6.07, 6.45) is 1.88. The number of nitrogens with one attached hydrogen (secondary N) is 1. The average Bonchev–Trinajstić information content (AvgIpc) is 3.30. The van der Waals surface area contributed by atoms with Gasteiger partial charge >= 0.3 is 0 Å². The SMILES string of the molecule is COc1ccccc1CNC(=O)Cn1cc(-c2nnc(C)o2)c2ccccc21. The number of nitrogens with zero attached hydrogens (tertiary/aromatic N) is 3. The summed E-state index contributed by atoms with van der Waals surface area (Å²) in [6, 6.07) is 15.5. The highest BCUT2D eigenvalue weighted by Crippen LogP contribution is 2.29. The smallest absolute Gasteiger partial charge is 0.249 e. The largest absolute Gasteiger partial charge is 0.496 e. The van der Waals surface area contributed by atoms with Gasteiger partial charge in [0.15, 0.2) is 0 Å². The third-order valence-corrected chi connectivity index (χ3v) is 4.53. The molecule has 0 bridgehead atoms. The van der Waals surface area contributed by atoms with Gasteiger partial charge < -0.3 is 19.0 Å². The van der Waals surface area contributed by atoms with Crippen LogP contribution in [0.3, 0.4) is 0 Å². The summed E-state index contributed by atoms with van der Waals surface area (Å²) < 4.78 is 12.8. The number of methoxy groups -OCH3 is 1. The molecule has 1 amide bonds. The van der Waals surface area contributed by atoms with Crippen molar-refractivity contribution in [3.05, 3.63) is 66.2 Å². The normalized spacial score (nSPS) is 10.9. The number of benzene rings is 2. The fourth-order valence-electron chi connectivity index (χ4n) is 3.21. The Morgan fingerprint density at radius 1 is 1.14 bits per heavy atom. The zero-order valence-electron chi connectivity index (χ0n) is 15.7. The monoisotopic (exact) mass is 376 g/mol. The molecule has 28 heavy (non-hydrogen) atoms. The van der Waals surface area contributed by atoms with Gasteiger partial charge in [-0.2, -0.15) is 0 Å². The maximum atomic E-state index is 12.6. The lowest BCUT2D eigenvalue weighted by Crippen LogP contribution is -2.27. The lowest BCUT2D eigenvalue weighted by atomic mass is 10.2. The molecule has 0 spiro atoms. The molecule has 0 radical (unpaired) electrons. The predicted molar refractivity (Wildman–Crippen MR) is 105 cm³/mol.